The molecule has 1 atom stereocenters. The standard InChI is InChI=1S/C16H13ClO/c17-16-8-4-3-7-14(16)15-10-12(18)9-11-5-1-2-6-13(11)15/h1-8,15H,9-10H2. The zero-order chi connectivity index (χ0) is 12.5. The minimum absolute atomic E-state index is 0.108. The van der Waals surface area contributed by atoms with Crippen LogP contribution in [0, 0.1) is 0 Å². The molecule has 0 saturated heterocycles. The zero-order valence-electron chi connectivity index (χ0n) is 9.90. The molecule has 0 N–H and O–H groups in total. The first-order chi connectivity index (χ1) is 8.75. The lowest BCUT2D eigenvalue weighted by Crippen LogP contribution is -2.19. The minimum Gasteiger partial charge on any atom is -0.299 e. The molecule has 1 aliphatic rings. The average molecular weight is 257 g/mol. The van der Waals surface area contributed by atoms with Gasteiger partial charge in [-0.2, -0.15) is 0 Å². The Labute approximate surface area is 111 Å². The number of ketones is 1. The third-order valence-corrected chi connectivity index (χ3v) is 3.87. The quantitative estimate of drug-likeness (QED) is 0.754. The molecule has 0 aliphatic heterocycles. The highest BCUT2D eigenvalue weighted by molar-refractivity contribution is 6.31. The second kappa shape index (κ2) is 4.58. The summed E-state index contributed by atoms with van der Waals surface area (Å²) in [5.74, 6) is 0.398. The summed E-state index contributed by atoms with van der Waals surface area (Å²) in [5.41, 5.74) is 3.43. The van der Waals surface area contributed by atoms with Crippen LogP contribution < -0.4 is 0 Å². The minimum atomic E-state index is 0.108. The number of fused-ring (bicyclic) bond motifs is 1. The number of hydrogen-bond donors (Lipinski definition) is 0. The number of hydrogen-bond acceptors (Lipinski definition) is 1. The molecule has 0 fully saturated rings. The van der Waals surface area contributed by atoms with Crippen molar-refractivity contribution in [2.45, 2.75) is 18.8 Å². The molecule has 0 radical (unpaired) electrons. The molecule has 3 rings (SSSR count). The Morgan fingerprint density at radius 2 is 1.61 bits per heavy atom. The summed E-state index contributed by atoms with van der Waals surface area (Å²) >= 11 is 6.26. The molecule has 1 unspecified atom stereocenters. The van der Waals surface area contributed by atoms with Gasteiger partial charge in [-0.3, -0.25) is 4.79 Å². The molecule has 0 bridgehead atoms. The Morgan fingerprint density at radius 1 is 0.944 bits per heavy atom. The van der Waals surface area contributed by atoms with Crippen LogP contribution >= 0.6 is 11.6 Å². The van der Waals surface area contributed by atoms with E-state index in [-0.39, 0.29) is 5.92 Å². The first-order valence-corrected chi connectivity index (χ1v) is 6.47. The van der Waals surface area contributed by atoms with Gasteiger partial charge < -0.3 is 0 Å². The van der Waals surface area contributed by atoms with Crippen LogP contribution in [0.2, 0.25) is 5.02 Å². The van der Waals surface area contributed by atoms with Crippen molar-refractivity contribution in [3.63, 3.8) is 0 Å². The monoisotopic (exact) mass is 256 g/mol. The van der Waals surface area contributed by atoms with Gasteiger partial charge in [-0.15, -0.1) is 0 Å². The van der Waals surface area contributed by atoms with Crippen molar-refractivity contribution < 1.29 is 4.79 Å². The van der Waals surface area contributed by atoms with Gasteiger partial charge in [0.2, 0.25) is 0 Å². The summed E-state index contributed by atoms with van der Waals surface area (Å²) in [5, 5.41) is 0.743. The van der Waals surface area contributed by atoms with Gasteiger partial charge in [0.15, 0.2) is 0 Å². The molecule has 0 saturated carbocycles. The van der Waals surface area contributed by atoms with Gasteiger partial charge in [0, 0.05) is 23.8 Å². The fraction of sp³-hybridized carbons (Fsp3) is 0.188. The molecule has 1 aliphatic carbocycles. The van der Waals surface area contributed by atoms with Crippen molar-refractivity contribution in [3.8, 4) is 0 Å². The van der Waals surface area contributed by atoms with E-state index < -0.39 is 0 Å². The van der Waals surface area contributed by atoms with Crippen LogP contribution in [0.15, 0.2) is 48.5 Å². The first-order valence-electron chi connectivity index (χ1n) is 6.09. The van der Waals surface area contributed by atoms with E-state index in [1.54, 1.807) is 0 Å². The van der Waals surface area contributed by atoms with Crippen molar-refractivity contribution in [2.75, 3.05) is 0 Å². The summed E-state index contributed by atoms with van der Waals surface area (Å²) in [4.78, 5) is 11.9. The van der Waals surface area contributed by atoms with Crippen molar-refractivity contribution in [2.24, 2.45) is 0 Å². The number of carbonyl (C=O) groups is 1. The largest absolute Gasteiger partial charge is 0.299 e. The number of benzene rings is 2. The fourth-order valence-corrected chi connectivity index (χ4v) is 2.96. The van der Waals surface area contributed by atoms with Gasteiger partial charge >= 0.3 is 0 Å². The van der Waals surface area contributed by atoms with Crippen molar-refractivity contribution in [1.82, 2.24) is 0 Å². The molecule has 2 heteroatoms. The van der Waals surface area contributed by atoms with E-state index >= 15 is 0 Å². The van der Waals surface area contributed by atoms with E-state index in [1.807, 2.05) is 42.5 Å². The number of rotatable bonds is 1. The highest BCUT2D eigenvalue weighted by Crippen LogP contribution is 2.37. The Kier molecular flexibility index (Phi) is 2.92. The summed E-state index contributed by atoms with van der Waals surface area (Å²) in [7, 11) is 0. The van der Waals surface area contributed by atoms with E-state index in [9.17, 15) is 4.79 Å². The highest BCUT2D eigenvalue weighted by atomic mass is 35.5. The second-order valence-electron chi connectivity index (χ2n) is 4.69. The average Bonchev–Trinajstić information content (AvgIpc) is 2.38. The zero-order valence-corrected chi connectivity index (χ0v) is 10.7. The highest BCUT2D eigenvalue weighted by Gasteiger charge is 2.27. The molecule has 90 valence electrons. The number of halogens is 1. The molecule has 2 aromatic carbocycles. The third kappa shape index (κ3) is 1.95. The molecular weight excluding hydrogens is 244 g/mol. The van der Waals surface area contributed by atoms with E-state index in [0.717, 1.165) is 16.1 Å². The summed E-state index contributed by atoms with van der Waals surface area (Å²) < 4.78 is 0. The Hall–Kier alpha value is -1.60. The predicted octanol–water partition coefficient (Wildman–Crippen LogP) is 3.99. The summed E-state index contributed by atoms with van der Waals surface area (Å²) in [6.45, 7) is 0. The molecule has 1 nitrogen and oxygen atoms in total. The Morgan fingerprint density at radius 3 is 2.39 bits per heavy atom. The SMILES string of the molecule is O=C1Cc2ccccc2C(c2ccccc2Cl)C1. The molecule has 18 heavy (non-hydrogen) atoms. The smallest absolute Gasteiger partial charge is 0.138 e. The van der Waals surface area contributed by atoms with E-state index in [0.29, 0.717) is 18.6 Å². The maximum atomic E-state index is 11.9. The first kappa shape index (κ1) is 11.5. The van der Waals surface area contributed by atoms with Crippen LogP contribution in [0.1, 0.15) is 29.0 Å². The van der Waals surface area contributed by atoms with Gasteiger partial charge in [-0.25, -0.2) is 0 Å². The summed E-state index contributed by atoms with van der Waals surface area (Å²) in [6, 6.07) is 16.0. The van der Waals surface area contributed by atoms with Crippen LogP contribution in [-0.4, -0.2) is 5.78 Å². The van der Waals surface area contributed by atoms with Crippen LogP contribution in [0.4, 0.5) is 0 Å². The van der Waals surface area contributed by atoms with Gasteiger partial charge in [0.25, 0.3) is 0 Å². The molecule has 0 aromatic heterocycles. The topological polar surface area (TPSA) is 17.1 Å². The lowest BCUT2D eigenvalue weighted by Gasteiger charge is -2.25. The van der Waals surface area contributed by atoms with Crippen molar-refractivity contribution in [1.29, 1.82) is 0 Å². The maximum absolute atomic E-state index is 11.9. The van der Waals surface area contributed by atoms with E-state index in [4.69, 9.17) is 11.6 Å². The lowest BCUT2D eigenvalue weighted by atomic mass is 9.78. The Balaban J connectivity index is 2.13. The van der Waals surface area contributed by atoms with Crippen LogP contribution in [-0.2, 0) is 11.2 Å². The van der Waals surface area contributed by atoms with Crippen LogP contribution in [0.25, 0.3) is 0 Å². The van der Waals surface area contributed by atoms with E-state index in [2.05, 4.69) is 6.07 Å². The second-order valence-corrected chi connectivity index (χ2v) is 5.10. The normalized spacial score (nSPS) is 18.5. The molecule has 2 aromatic rings. The van der Waals surface area contributed by atoms with E-state index in [1.165, 1.54) is 5.56 Å². The van der Waals surface area contributed by atoms with Gasteiger partial charge in [-0.1, -0.05) is 54.1 Å². The Bertz CT molecular complexity index is 604. The maximum Gasteiger partial charge on any atom is 0.138 e. The van der Waals surface area contributed by atoms with Crippen molar-refractivity contribution in [3.05, 3.63) is 70.2 Å². The lowest BCUT2D eigenvalue weighted by molar-refractivity contribution is -0.119. The third-order valence-electron chi connectivity index (χ3n) is 3.53. The molecule has 0 heterocycles. The fourth-order valence-electron chi connectivity index (χ4n) is 2.69. The van der Waals surface area contributed by atoms with Gasteiger partial charge in [0.1, 0.15) is 5.78 Å². The van der Waals surface area contributed by atoms with Crippen LogP contribution in [0.5, 0.6) is 0 Å². The number of carbonyl (C=O) groups excluding carboxylic acids is 1. The van der Waals surface area contributed by atoms with Crippen molar-refractivity contribution >= 4 is 17.4 Å². The molecular formula is C16H13ClO. The molecule has 0 amide bonds. The predicted molar refractivity (Wildman–Crippen MR) is 73.1 cm³/mol. The number of Topliss-reactive ketones (excluding diaryl/α,β-unsaturated/α-hetero) is 1. The molecule has 0 spiro atoms. The van der Waals surface area contributed by atoms with Crippen LogP contribution in [0.3, 0.4) is 0 Å². The summed E-state index contributed by atoms with van der Waals surface area (Å²) in [6.07, 6.45) is 1.11. The van der Waals surface area contributed by atoms with Gasteiger partial charge in [0.05, 0.1) is 0 Å². The van der Waals surface area contributed by atoms with Gasteiger partial charge in [-0.05, 0) is 22.8 Å².